The standard InChI is InChI=1S/C14H16N2/c1-2-11-9-6-10-16-14(11)13(15)12-7-4-3-5-8-12/h3-10,13H,2,15H2,1H3. The van der Waals surface area contributed by atoms with E-state index >= 15 is 0 Å². The van der Waals surface area contributed by atoms with Crippen LogP contribution in [-0.4, -0.2) is 4.98 Å². The number of rotatable bonds is 3. The summed E-state index contributed by atoms with van der Waals surface area (Å²) < 4.78 is 0. The molecule has 1 unspecified atom stereocenters. The van der Waals surface area contributed by atoms with Gasteiger partial charge in [-0.25, -0.2) is 0 Å². The number of aryl methyl sites for hydroxylation is 1. The average Bonchev–Trinajstić information content (AvgIpc) is 2.39. The molecule has 0 aliphatic heterocycles. The van der Waals surface area contributed by atoms with Crippen LogP contribution >= 0.6 is 0 Å². The Balaban J connectivity index is 2.37. The van der Waals surface area contributed by atoms with Crippen LogP contribution in [0, 0.1) is 0 Å². The van der Waals surface area contributed by atoms with Gasteiger partial charge in [-0.2, -0.15) is 0 Å². The third-order valence-electron chi connectivity index (χ3n) is 2.76. The highest BCUT2D eigenvalue weighted by atomic mass is 14.8. The van der Waals surface area contributed by atoms with Gasteiger partial charge in [-0.3, -0.25) is 4.98 Å². The maximum Gasteiger partial charge on any atom is 0.0729 e. The molecule has 2 rings (SSSR count). The maximum atomic E-state index is 6.23. The average molecular weight is 212 g/mol. The van der Waals surface area contributed by atoms with Crippen molar-refractivity contribution in [2.75, 3.05) is 0 Å². The van der Waals surface area contributed by atoms with Crippen molar-refractivity contribution in [2.45, 2.75) is 19.4 Å². The molecule has 0 bridgehead atoms. The van der Waals surface area contributed by atoms with Crippen LogP contribution < -0.4 is 5.73 Å². The summed E-state index contributed by atoms with van der Waals surface area (Å²) in [5.41, 5.74) is 9.54. The molecule has 2 heteroatoms. The molecule has 2 N–H and O–H groups in total. The number of aromatic nitrogens is 1. The van der Waals surface area contributed by atoms with Gasteiger partial charge in [0.25, 0.3) is 0 Å². The van der Waals surface area contributed by atoms with Crippen molar-refractivity contribution in [1.29, 1.82) is 0 Å². The number of hydrogen-bond donors (Lipinski definition) is 1. The quantitative estimate of drug-likeness (QED) is 0.849. The number of pyridine rings is 1. The van der Waals surface area contributed by atoms with Crippen molar-refractivity contribution < 1.29 is 0 Å². The third-order valence-corrected chi connectivity index (χ3v) is 2.76. The summed E-state index contributed by atoms with van der Waals surface area (Å²) in [6, 6.07) is 14.0. The lowest BCUT2D eigenvalue weighted by molar-refractivity contribution is 0.806. The predicted molar refractivity (Wildman–Crippen MR) is 66.1 cm³/mol. The lowest BCUT2D eigenvalue weighted by Crippen LogP contribution is -2.15. The number of nitrogens with two attached hydrogens (primary N) is 1. The fraction of sp³-hybridized carbons (Fsp3) is 0.214. The van der Waals surface area contributed by atoms with Gasteiger partial charge in [0.2, 0.25) is 0 Å². The minimum Gasteiger partial charge on any atom is -0.319 e. The molecule has 1 aromatic carbocycles. The zero-order valence-electron chi connectivity index (χ0n) is 9.43. The van der Waals surface area contributed by atoms with Gasteiger partial charge in [-0.15, -0.1) is 0 Å². The van der Waals surface area contributed by atoms with Crippen LogP contribution in [0.25, 0.3) is 0 Å². The fourth-order valence-corrected chi connectivity index (χ4v) is 1.85. The fourth-order valence-electron chi connectivity index (χ4n) is 1.85. The summed E-state index contributed by atoms with van der Waals surface area (Å²) in [5, 5.41) is 0. The molecule has 0 aliphatic carbocycles. The predicted octanol–water partition coefficient (Wildman–Crippen LogP) is 2.69. The van der Waals surface area contributed by atoms with Crippen molar-refractivity contribution in [2.24, 2.45) is 5.73 Å². The molecule has 16 heavy (non-hydrogen) atoms. The molecule has 0 saturated heterocycles. The second-order valence-electron chi connectivity index (χ2n) is 3.79. The Morgan fingerprint density at radius 2 is 1.88 bits per heavy atom. The Morgan fingerprint density at radius 1 is 1.12 bits per heavy atom. The smallest absolute Gasteiger partial charge is 0.0729 e. The first-order chi connectivity index (χ1) is 7.83. The summed E-state index contributed by atoms with van der Waals surface area (Å²) in [6.45, 7) is 2.12. The minimum absolute atomic E-state index is 0.127. The van der Waals surface area contributed by atoms with E-state index in [1.165, 1.54) is 5.56 Å². The molecule has 0 aliphatic rings. The van der Waals surface area contributed by atoms with Crippen molar-refractivity contribution in [3.05, 3.63) is 65.5 Å². The van der Waals surface area contributed by atoms with E-state index in [1.807, 2.05) is 36.4 Å². The highest BCUT2D eigenvalue weighted by molar-refractivity contribution is 5.32. The van der Waals surface area contributed by atoms with Crippen molar-refractivity contribution in [3.8, 4) is 0 Å². The molecule has 0 amide bonds. The van der Waals surface area contributed by atoms with Crippen LogP contribution in [0.2, 0.25) is 0 Å². The van der Waals surface area contributed by atoms with E-state index in [1.54, 1.807) is 6.20 Å². The summed E-state index contributed by atoms with van der Waals surface area (Å²) in [5.74, 6) is 0. The van der Waals surface area contributed by atoms with Crippen LogP contribution in [0.1, 0.15) is 29.8 Å². The minimum atomic E-state index is -0.127. The topological polar surface area (TPSA) is 38.9 Å². The van der Waals surface area contributed by atoms with Crippen LogP contribution in [0.3, 0.4) is 0 Å². The Labute approximate surface area is 96.1 Å². The number of benzene rings is 1. The molecular weight excluding hydrogens is 196 g/mol. The van der Waals surface area contributed by atoms with E-state index in [0.717, 1.165) is 17.7 Å². The normalized spacial score (nSPS) is 12.4. The maximum absolute atomic E-state index is 6.23. The Morgan fingerprint density at radius 3 is 2.56 bits per heavy atom. The molecule has 1 atom stereocenters. The largest absolute Gasteiger partial charge is 0.319 e. The van der Waals surface area contributed by atoms with Crippen molar-refractivity contribution in [3.63, 3.8) is 0 Å². The third kappa shape index (κ3) is 2.12. The van der Waals surface area contributed by atoms with Crippen LogP contribution in [-0.2, 0) is 6.42 Å². The molecule has 2 aromatic rings. The van der Waals surface area contributed by atoms with Crippen LogP contribution in [0.4, 0.5) is 0 Å². The summed E-state index contributed by atoms with van der Waals surface area (Å²) in [6.07, 6.45) is 2.76. The highest BCUT2D eigenvalue weighted by Gasteiger charge is 2.12. The molecule has 0 spiro atoms. The van der Waals surface area contributed by atoms with Crippen molar-refractivity contribution in [1.82, 2.24) is 4.98 Å². The number of hydrogen-bond acceptors (Lipinski definition) is 2. The lowest BCUT2D eigenvalue weighted by atomic mass is 9.99. The molecular formula is C14H16N2. The molecule has 0 radical (unpaired) electrons. The number of nitrogens with zero attached hydrogens (tertiary/aromatic N) is 1. The van der Waals surface area contributed by atoms with Gasteiger partial charge >= 0.3 is 0 Å². The van der Waals surface area contributed by atoms with E-state index < -0.39 is 0 Å². The van der Waals surface area contributed by atoms with Gasteiger partial charge in [-0.05, 0) is 23.6 Å². The van der Waals surface area contributed by atoms with Crippen LogP contribution in [0.15, 0.2) is 48.7 Å². The molecule has 0 saturated carbocycles. The Kier molecular flexibility index (Phi) is 3.32. The van der Waals surface area contributed by atoms with Gasteiger partial charge in [-0.1, -0.05) is 43.3 Å². The van der Waals surface area contributed by atoms with Crippen molar-refractivity contribution >= 4 is 0 Å². The summed E-state index contributed by atoms with van der Waals surface area (Å²) >= 11 is 0. The van der Waals surface area contributed by atoms with Gasteiger partial charge in [0, 0.05) is 6.20 Å². The van der Waals surface area contributed by atoms with E-state index in [-0.39, 0.29) is 6.04 Å². The first kappa shape index (κ1) is 10.8. The second kappa shape index (κ2) is 4.90. The van der Waals surface area contributed by atoms with E-state index in [4.69, 9.17) is 5.73 Å². The van der Waals surface area contributed by atoms with Gasteiger partial charge < -0.3 is 5.73 Å². The Bertz CT molecular complexity index is 451. The zero-order chi connectivity index (χ0) is 11.4. The summed E-state index contributed by atoms with van der Waals surface area (Å²) in [7, 11) is 0. The van der Waals surface area contributed by atoms with E-state index in [0.29, 0.717) is 0 Å². The highest BCUT2D eigenvalue weighted by Crippen LogP contribution is 2.20. The monoisotopic (exact) mass is 212 g/mol. The van der Waals surface area contributed by atoms with Gasteiger partial charge in [0.05, 0.1) is 11.7 Å². The zero-order valence-corrected chi connectivity index (χ0v) is 9.43. The lowest BCUT2D eigenvalue weighted by Gasteiger charge is -2.14. The SMILES string of the molecule is CCc1cccnc1C(N)c1ccccc1. The Hall–Kier alpha value is -1.67. The first-order valence-corrected chi connectivity index (χ1v) is 5.57. The molecule has 2 nitrogen and oxygen atoms in total. The molecule has 1 heterocycles. The van der Waals surface area contributed by atoms with E-state index in [2.05, 4.69) is 18.0 Å². The summed E-state index contributed by atoms with van der Waals surface area (Å²) in [4.78, 5) is 4.40. The molecule has 82 valence electrons. The van der Waals surface area contributed by atoms with Crippen LogP contribution in [0.5, 0.6) is 0 Å². The second-order valence-corrected chi connectivity index (χ2v) is 3.79. The van der Waals surface area contributed by atoms with Gasteiger partial charge in [0.15, 0.2) is 0 Å². The molecule has 0 fully saturated rings. The van der Waals surface area contributed by atoms with Gasteiger partial charge in [0.1, 0.15) is 0 Å². The van der Waals surface area contributed by atoms with E-state index in [9.17, 15) is 0 Å². The molecule has 1 aromatic heterocycles. The first-order valence-electron chi connectivity index (χ1n) is 5.57.